The Hall–Kier alpha value is -2.30. The number of aromatic nitrogens is 1. The van der Waals surface area contributed by atoms with Crippen LogP contribution in [0.4, 0.5) is 5.69 Å². The van der Waals surface area contributed by atoms with Crippen LogP contribution in [0.5, 0.6) is 5.88 Å². The van der Waals surface area contributed by atoms with Crippen molar-refractivity contribution >= 4 is 11.6 Å². The lowest BCUT2D eigenvalue weighted by atomic mass is 9.90. The van der Waals surface area contributed by atoms with Crippen molar-refractivity contribution in [3.05, 3.63) is 17.8 Å². The first-order chi connectivity index (χ1) is 13.6. The van der Waals surface area contributed by atoms with Crippen molar-refractivity contribution < 1.29 is 19.0 Å². The Kier molecular flexibility index (Phi) is 5.42. The Bertz CT molecular complexity index is 797. The van der Waals surface area contributed by atoms with Gasteiger partial charge in [-0.3, -0.25) is 4.79 Å². The molecule has 4 rings (SSSR count). The number of likely N-dealkylation sites (tertiary alicyclic amines) is 1. The fourth-order valence-corrected chi connectivity index (χ4v) is 4.04. The highest BCUT2D eigenvalue weighted by atomic mass is 16.6. The van der Waals surface area contributed by atoms with E-state index in [9.17, 15) is 4.79 Å². The van der Waals surface area contributed by atoms with E-state index in [0.717, 1.165) is 37.2 Å². The van der Waals surface area contributed by atoms with Crippen LogP contribution in [-0.4, -0.2) is 74.0 Å². The minimum atomic E-state index is -0.250. The summed E-state index contributed by atoms with van der Waals surface area (Å²) in [4.78, 5) is 20.5. The van der Waals surface area contributed by atoms with Crippen molar-refractivity contribution in [1.29, 1.82) is 0 Å². The van der Waals surface area contributed by atoms with Gasteiger partial charge in [-0.2, -0.15) is 0 Å². The molecule has 7 nitrogen and oxygen atoms in total. The highest BCUT2D eigenvalue weighted by molar-refractivity contribution is 5.77. The van der Waals surface area contributed by atoms with Crippen molar-refractivity contribution in [2.24, 2.45) is 0 Å². The average molecular weight is 385 g/mol. The van der Waals surface area contributed by atoms with Gasteiger partial charge in [-0.1, -0.05) is 11.8 Å². The fraction of sp³-hybridized carbons (Fsp3) is 0.619. The number of morpholine rings is 1. The van der Waals surface area contributed by atoms with E-state index < -0.39 is 0 Å². The molecule has 3 saturated heterocycles. The molecule has 0 radical (unpaired) electrons. The Labute approximate surface area is 165 Å². The minimum Gasteiger partial charge on any atom is -0.480 e. The molecular weight excluding hydrogens is 358 g/mol. The summed E-state index contributed by atoms with van der Waals surface area (Å²) in [7, 11) is 1.63. The lowest BCUT2D eigenvalue weighted by Crippen LogP contribution is -2.68. The van der Waals surface area contributed by atoms with Gasteiger partial charge in [-0.25, -0.2) is 4.98 Å². The molecular formula is C21H27N3O4. The molecule has 0 aromatic carbocycles. The van der Waals surface area contributed by atoms with Gasteiger partial charge in [0.25, 0.3) is 0 Å². The van der Waals surface area contributed by atoms with Crippen LogP contribution in [-0.2, 0) is 14.3 Å². The maximum absolute atomic E-state index is 11.9. The Morgan fingerprint density at radius 2 is 2.21 bits per heavy atom. The number of methoxy groups -OCH3 is 1. The highest BCUT2D eigenvalue weighted by Gasteiger charge is 2.50. The fourth-order valence-electron chi connectivity index (χ4n) is 4.04. The molecule has 3 aliphatic rings. The first kappa shape index (κ1) is 19.0. The maximum atomic E-state index is 11.9. The van der Waals surface area contributed by atoms with Gasteiger partial charge in [-0.05, 0) is 25.8 Å². The molecule has 0 bridgehead atoms. The molecule has 150 valence electrons. The second-order valence-corrected chi connectivity index (χ2v) is 7.60. The van der Waals surface area contributed by atoms with Gasteiger partial charge in [0, 0.05) is 31.3 Å². The molecule has 7 heteroatoms. The van der Waals surface area contributed by atoms with Gasteiger partial charge in [0.1, 0.15) is 11.3 Å². The number of ether oxygens (including phenoxy) is 3. The predicted octanol–water partition coefficient (Wildman–Crippen LogP) is 1.45. The van der Waals surface area contributed by atoms with E-state index in [1.165, 1.54) is 0 Å². The number of anilines is 1. The van der Waals surface area contributed by atoms with Crippen molar-refractivity contribution in [1.82, 2.24) is 9.88 Å². The molecule has 0 N–H and O–H groups in total. The second-order valence-electron chi connectivity index (χ2n) is 7.60. The smallest absolute Gasteiger partial charge is 0.237 e. The zero-order chi connectivity index (χ0) is 19.6. The van der Waals surface area contributed by atoms with Crippen LogP contribution < -0.4 is 9.64 Å². The molecule has 1 aromatic heterocycles. The third-order valence-electron chi connectivity index (χ3n) is 5.90. The second kappa shape index (κ2) is 7.98. The number of pyridine rings is 1. The highest BCUT2D eigenvalue weighted by Crippen LogP contribution is 2.38. The van der Waals surface area contributed by atoms with Crippen LogP contribution in [0.15, 0.2) is 12.3 Å². The van der Waals surface area contributed by atoms with Gasteiger partial charge < -0.3 is 24.0 Å². The van der Waals surface area contributed by atoms with Gasteiger partial charge >= 0.3 is 0 Å². The van der Waals surface area contributed by atoms with Crippen molar-refractivity contribution in [2.45, 2.75) is 37.8 Å². The van der Waals surface area contributed by atoms with Gasteiger partial charge in [0.05, 0.1) is 39.5 Å². The van der Waals surface area contributed by atoms with Crippen LogP contribution in [0.25, 0.3) is 0 Å². The number of piperidine rings is 1. The van der Waals surface area contributed by atoms with Crippen molar-refractivity contribution in [3.8, 4) is 17.7 Å². The third kappa shape index (κ3) is 3.54. The molecule has 1 unspecified atom stereocenters. The third-order valence-corrected chi connectivity index (χ3v) is 5.90. The zero-order valence-electron chi connectivity index (χ0n) is 16.6. The van der Waals surface area contributed by atoms with Gasteiger partial charge in [0.2, 0.25) is 11.8 Å². The number of carbonyl (C=O) groups excluding carboxylic acids is 1. The summed E-state index contributed by atoms with van der Waals surface area (Å²) in [6.45, 7) is 6.06. The number of hydrogen-bond donors (Lipinski definition) is 0. The van der Waals surface area contributed by atoms with E-state index in [4.69, 9.17) is 14.2 Å². The molecule has 28 heavy (non-hydrogen) atoms. The normalized spacial score (nSPS) is 23.8. The molecule has 0 aliphatic carbocycles. The molecule has 1 aromatic rings. The molecule has 1 amide bonds. The summed E-state index contributed by atoms with van der Waals surface area (Å²) in [5.41, 5.74) is 1.49. The summed E-state index contributed by atoms with van der Waals surface area (Å²) >= 11 is 0. The molecule has 3 fully saturated rings. The number of rotatable bonds is 3. The summed E-state index contributed by atoms with van der Waals surface area (Å²) in [5.74, 6) is 7.08. The quantitative estimate of drug-likeness (QED) is 0.734. The molecule has 1 spiro atoms. The lowest BCUT2D eigenvalue weighted by molar-refractivity contribution is -0.228. The minimum absolute atomic E-state index is 0.153. The van der Waals surface area contributed by atoms with E-state index in [0.29, 0.717) is 38.7 Å². The topological polar surface area (TPSA) is 64.1 Å². The number of nitrogens with zero attached hydrogens (tertiary/aromatic N) is 3. The standard InChI is InChI=1S/C21H27N3O4/c1-16-21(14-27-15-21)28-11-10-24(16)18-12-17(13-22-20(18)26-2)6-5-9-23-8-4-3-7-19(23)25/h12-13,16H,3-4,7-11,14-15H2,1-2H3. The number of hydrogen-bond acceptors (Lipinski definition) is 6. The largest absolute Gasteiger partial charge is 0.480 e. The molecule has 0 saturated carbocycles. The van der Waals surface area contributed by atoms with Crippen LogP contribution in [0.2, 0.25) is 0 Å². The SMILES string of the molecule is COc1ncc(C#CCN2CCCCC2=O)cc1N1CCOC2(COC2)C1C. The Morgan fingerprint density at radius 3 is 2.93 bits per heavy atom. The van der Waals surface area contributed by atoms with Crippen LogP contribution >= 0.6 is 0 Å². The van der Waals surface area contributed by atoms with E-state index >= 15 is 0 Å². The lowest BCUT2D eigenvalue weighted by Gasteiger charge is -2.53. The first-order valence-electron chi connectivity index (χ1n) is 9.92. The van der Waals surface area contributed by atoms with E-state index in [-0.39, 0.29) is 17.6 Å². The van der Waals surface area contributed by atoms with Crippen molar-refractivity contribution in [2.75, 3.05) is 51.5 Å². The Morgan fingerprint density at radius 1 is 1.36 bits per heavy atom. The molecule has 4 heterocycles. The molecule has 3 aliphatic heterocycles. The predicted molar refractivity (Wildman–Crippen MR) is 104 cm³/mol. The number of amides is 1. The number of carbonyl (C=O) groups is 1. The van der Waals surface area contributed by atoms with E-state index in [1.54, 1.807) is 13.3 Å². The zero-order valence-corrected chi connectivity index (χ0v) is 16.6. The summed E-state index contributed by atoms with van der Waals surface area (Å²) in [6, 6.07) is 2.17. The van der Waals surface area contributed by atoms with Crippen molar-refractivity contribution in [3.63, 3.8) is 0 Å². The Balaban J connectivity index is 1.53. The van der Waals surface area contributed by atoms with Crippen LogP contribution in [0.1, 0.15) is 31.7 Å². The monoisotopic (exact) mass is 385 g/mol. The van der Waals surface area contributed by atoms with Gasteiger partial charge in [0.15, 0.2) is 0 Å². The van der Waals surface area contributed by atoms with E-state index in [1.807, 2.05) is 11.0 Å². The average Bonchev–Trinajstić information content (AvgIpc) is 2.68. The van der Waals surface area contributed by atoms with E-state index in [2.05, 4.69) is 28.6 Å². The summed E-state index contributed by atoms with van der Waals surface area (Å²) < 4.78 is 16.9. The molecule has 1 atom stereocenters. The van der Waals surface area contributed by atoms with Gasteiger partial charge in [-0.15, -0.1) is 0 Å². The first-order valence-corrected chi connectivity index (χ1v) is 9.92. The van der Waals surface area contributed by atoms with Crippen LogP contribution in [0.3, 0.4) is 0 Å². The maximum Gasteiger partial charge on any atom is 0.237 e. The summed E-state index contributed by atoms with van der Waals surface area (Å²) in [6.07, 6.45) is 4.40. The summed E-state index contributed by atoms with van der Waals surface area (Å²) in [5, 5.41) is 0. The van der Waals surface area contributed by atoms with Crippen LogP contribution in [0, 0.1) is 11.8 Å².